The average molecular weight is 118 g/mol. The van der Waals surface area contributed by atoms with Gasteiger partial charge in [-0.25, -0.2) is 0 Å². The Balaban J connectivity index is 3.34. The van der Waals surface area contributed by atoms with Gasteiger partial charge in [-0.2, -0.15) is 11.8 Å². The number of carbonyl (C=O) groups excluding carboxylic acids is 1. The zero-order chi connectivity index (χ0) is 5.86. The fourth-order valence-corrected chi connectivity index (χ4v) is 0.348. The first-order valence-electron chi connectivity index (χ1n) is 1.83. The number of thioether (sulfide) groups is 1. The Labute approximate surface area is 47.5 Å². The Morgan fingerprint density at radius 3 is 2.43 bits per heavy atom. The zero-order valence-corrected chi connectivity index (χ0v) is 4.99. The quantitative estimate of drug-likeness (QED) is 0.556. The highest BCUT2D eigenvalue weighted by Gasteiger charge is 2.03. The summed E-state index contributed by atoms with van der Waals surface area (Å²) in [4.78, 5) is 10.1. The van der Waals surface area contributed by atoms with E-state index in [1.165, 1.54) is 11.8 Å². The van der Waals surface area contributed by atoms with E-state index in [9.17, 15) is 4.79 Å². The second-order valence-corrected chi connectivity index (χ2v) is 2.17. The van der Waals surface area contributed by atoms with E-state index in [1.54, 1.807) is 6.26 Å². The van der Waals surface area contributed by atoms with E-state index in [2.05, 4.69) is 6.92 Å². The molecule has 0 saturated carbocycles. The van der Waals surface area contributed by atoms with Crippen molar-refractivity contribution in [1.29, 1.82) is 0 Å². The lowest BCUT2D eigenvalue weighted by atomic mass is 10.5. The smallest absolute Gasteiger partial charge is 0.230 e. The van der Waals surface area contributed by atoms with Crippen LogP contribution >= 0.6 is 11.8 Å². The Kier molecular flexibility index (Phi) is 2.83. The minimum atomic E-state index is -0.354. The topological polar surface area (TPSA) is 43.1 Å². The lowest BCUT2D eigenvalue weighted by Gasteiger charge is -1.97. The van der Waals surface area contributed by atoms with Crippen LogP contribution in [0.1, 0.15) is 0 Å². The predicted molar refractivity (Wildman–Crippen MR) is 31.9 cm³/mol. The van der Waals surface area contributed by atoms with Crippen LogP contribution < -0.4 is 5.73 Å². The molecule has 0 aromatic heterocycles. The highest BCUT2D eigenvalue weighted by Crippen LogP contribution is 2.01. The highest BCUT2D eigenvalue weighted by atomic mass is 32.2. The molecule has 2 N–H and O–H groups in total. The third kappa shape index (κ3) is 2.51. The van der Waals surface area contributed by atoms with Crippen molar-refractivity contribution >= 4 is 17.7 Å². The monoisotopic (exact) mass is 118 g/mol. The minimum absolute atomic E-state index is 0.292. The second kappa shape index (κ2) is 2.91. The number of amides is 1. The molecule has 0 heterocycles. The Bertz CT molecular complexity index is 74.1. The van der Waals surface area contributed by atoms with E-state index in [4.69, 9.17) is 5.73 Å². The molecule has 0 aliphatic carbocycles. The molecular formula is C4H8NOS. The fourth-order valence-electron chi connectivity index (χ4n) is 0.116. The molecule has 0 saturated heterocycles. The predicted octanol–water partition coefficient (Wildman–Crippen LogP) is 0.0374. The lowest BCUT2D eigenvalue weighted by Crippen LogP contribution is -2.22. The summed E-state index contributed by atoms with van der Waals surface area (Å²) in [7, 11) is 0. The molecule has 0 aromatic rings. The van der Waals surface area contributed by atoms with Crippen molar-refractivity contribution in [2.75, 3.05) is 6.26 Å². The third-order valence-electron chi connectivity index (χ3n) is 0.602. The van der Waals surface area contributed by atoms with Crippen molar-refractivity contribution in [3.8, 4) is 0 Å². The molecule has 1 radical (unpaired) electrons. The minimum Gasteiger partial charge on any atom is -0.369 e. The first-order valence-corrected chi connectivity index (χ1v) is 3.12. The molecule has 0 aliphatic heterocycles. The maximum Gasteiger partial charge on any atom is 0.230 e. The highest BCUT2D eigenvalue weighted by molar-refractivity contribution is 8.00. The van der Waals surface area contributed by atoms with Crippen LogP contribution in [0.15, 0.2) is 0 Å². The van der Waals surface area contributed by atoms with Gasteiger partial charge in [-0.15, -0.1) is 0 Å². The van der Waals surface area contributed by atoms with Crippen LogP contribution in [0.25, 0.3) is 0 Å². The molecule has 0 spiro atoms. The summed E-state index contributed by atoms with van der Waals surface area (Å²) < 4.78 is 0. The van der Waals surface area contributed by atoms with E-state index in [1.807, 2.05) is 0 Å². The SMILES string of the molecule is [CH2]C(SC)C(N)=O. The van der Waals surface area contributed by atoms with Crippen molar-refractivity contribution in [1.82, 2.24) is 0 Å². The van der Waals surface area contributed by atoms with Gasteiger partial charge in [0.15, 0.2) is 0 Å². The van der Waals surface area contributed by atoms with Gasteiger partial charge in [-0.3, -0.25) is 4.79 Å². The van der Waals surface area contributed by atoms with Crippen LogP contribution in [0, 0.1) is 6.92 Å². The first-order chi connectivity index (χ1) is 3.18. The normalized spacial score (nSPS) is 13.4. The number of hydrogen-bond donors (Lipinski definition) is 1. The number of primary amides is 1. The van der Waals surface area contributed by atoms with Crippen molar-refractivity contribution in [2.24, 2.45) is 5.73 Å². The summed E-state index contributed by atoms with van der Waals surface area (Å²) >= 11 is 1.35. The van der Waals surface area contributed by atoms with Gasteiger partial charge in [0.1, 0.15) is 0 Å². The molecule has 1 atom stereocenters. The van der Waals surface area contributed by atoms with Crippen molar-refractivity contribution in [3.63, 3.8) is 0 Å². The van der Waals surface area contributed by atoms with Gasteiger partial charge < -0.3 is 5.73 Å². The molecule has 41 valence electrons. The Hall–Kier alpha value is -0.180. The average Bonchev–Trinajstić information content (AvgIpc) is 1.65. The lowest BCUT2D eigenvalue weighted by molar-refractivity contribution is -0.116. The van der Waals surface area contributed by atoms with Gasteiger partial charge in [0.2, 0.25) is 5.91 Å². The van der Waals surface area contributed by atoms with Crippen LogP contribution in [-0.2, 0) is 4.79 Å². The molecule has 1 unspecified atom stereocenters. The number of carbonyl (C=O) groups is 1. The molecule has 7 heavy (non-hydrogen) atoms. The van der Waals surface area contributed by atoms with E-state index in [0.29, 0.717) is 0 Å². The van der Waals surface area contributed by atoms with E-state index >= 15 is 0 Å². The Morgan fingerprint density at radius 1 is 2.00 bits per heavy atom. The standard InChI is InChI=1S/C4H8NOS/c1-3(7-2)4(5)6/h3H,1H2,2H3,(H2,5,6). The van der Waals surface area contributed by atoms with Crippen molar-refractivity contribution in [3.05, 3.63) is 6.92 Å². The van der Waals surface area contributed by atoms with Crippen LogP contribution in [0.4, 0.5) is 0 Å². The van der Waals surface area contributed by atoms with Gasteiger partial charge in [-0.05, 0) is 13.2 Å². The van der Waals surface area contributed by atoms with Gasteiger partial charge in [0.25, 0.3) is 0 Å². The number of nitrogens with two attached hydrogens (primary N) is 1. The van der Waals surface area contributed by atoms with Crippen LogP contribution in [0.5, 0.6) is 0 Å². The van der Waals surface area contributed by atoms with Gasteiger partial charge in [0, 0.05) is 0 Å². The second-order valence-electron chi connectivity index (χ2n) is 1.13. The van der Waals surface area contributed by atoms with Crippen molar-refractivity contribution < 1.29 is 4.79 Å². The van der Waals surface area contributed by atoms with Crippen LogP contribution in [0.3, 0.4) is 0 Å². The van der Waals surface area contributed by atoms with E-state index < -0.39 is 0 Å². The summed E-state index contributed by atoms with van der Waals surface area (Å²) in [5.41, 5.74) is 4.82. The number of hydrogen-bond acceptors (Lipinski definition) is 2. The molecule has 3 heteroatoms. The van der Waals surface area contributed by atoms with E-state index in [-0.39, 0.29) is 11.2 Å². The third-order valence-corrected chi connectivity index (χ3v) is 1.40. The summed E-state index contributed by atoms with van der Waals surface area (Å²) in [6.07, 6.45) is 1.79. The maximum atomic E-state index is 10.1. The summed E-state index contributed by atoms with van der Waals surface area (Å²) in [6.45, 7) is 3.44. The first kappa shape index (κ1) is 6.82. The molecule has 0 aliphatic rings. The largest absolute Gasteiger partial charge is 0.369 e. The van der Waals surface area contributed by atoms with Crippen molar-refractivity contribution in [2.45, 2.75) is 5.25 Å². The molecule has 0 bridgehead atoms. The molecule has 0 fully saturated rings. The molecular weight excluding hydrogens is 110 g/mol. The zero-order valence-electron chi connectivity index (χ0n) is 4.18. The summed E-state index contributed by atoms with van der Waals surface area (Å²) in [5.74, 6) is -0.354. The number of rotatable bonds is 2. The molecule has 1 amide bonds. The fraction of sp³-hybridized carbons (Fsp3) is 0.500. The van der Waals surface area contributed by atoms with Crippen LogP contribution in [-0.4, -0.2) is 17.4 Å². The maximum absolute atomic E-state index is 10.1. The Morgan fingerprint density at radius 2 is 2.43 bits per heavy atom. The molecule has 0 rings (SSSR count). The summed E-state index contributed by atoms with van der Waals surface area (Å²) in [6, 6.07) is 0. The van der Waals surface area contributed by atoms with E-state index in [0.717, 1.165) is 0 Å². The summed E-state index contributed by atoms with van der Waals surface area (Å²) in [5, 5.41) is -0.292. The molecule has 0 aromatic carbocycles. The van der Waals surface area contributed by atoms with Crippen LogP contribution in [0.2, 0.25) is 0 Å². The van der Waals surface area contributed by atoms with Gasteiger partial charge in [0.05, 0.1) is 5.25 Å². The molecule has 2 nitrogen and oxygen atoms in total. The van der Waals surface area contributed by atoms with Gasteiger partial charge >= 0.3 is 0 Å². The van der Waals surface area contributed by atoms with Gasteiger partial charge in [-0.1, -0.05) is 0 Å².